The highest BCUT2D eigenvalue weighted by molar-refractivity contribution is 9.11. The Labute approximate surface area is 141 Å². The fourth-order valence-electron chi connectivity index (χ4n) is 1.66. The van der Waals surface area contributed by atoms with Gasteiger partial charge >= 0.3 is 0 Å². The standard InChI is InChI=1S/C14H9Br3FNO/c1-7-2-3-12(18)9(4-7)14(20)19-13-10(16)5-8(15)6-11(13)17/h2-6H,1H3,(H,19,20). The van der Waals surface area contributed by atoms with Gasteiger partial charge in [0.15, 0.2) is 0 Å². The van der Waals surface area contributed by atoms with Crippen molar-refractivity contribution in [2.24, 2.45) is 0 Å². The molecule has 2 aromatic rings. The van der Waals surface area contributed by atoms with Gasteiger partial charge in [-0.1, -0.05) is 27.6 Å². The lowest BCUT2D eigenvalue weighted by atomic mass is 10.1. The summed E-state index contributed by atoms with van der Waals surface area (Å²) in [5.41, 5.74) is 1.40. The maximum Gasteiger partial charge on any atom is 0.258 e. The molecule has 0 aromatic heterocycles. The number of nitrogens with one attached hydrogen (secondary N) is 1. The molecule has 2 rings (SSSR count). The third-order valence-corrected chi connectivity index (χ3v) is 4.32. The van der Waals surface area contributed by atoms with Gasteiger partial charge in [0.1, 0.15) is 5.82 Å². The van der Waals surface area contributed by atoms with Crippen LogP contribution < -0.4 is 5.32 Å². The SMILES string of the molecule is Cc1ccc(F)c(C(=O)Nc2c(Br)cc(Br)cc2Br)c1. The molecule has 1 N–H and O–H groups in total. The van der Waals surface area contributed by atoms with Crippen LogP contribution in [0.3, 0.4) is 0 Å². The summed E-state index contributed by atoms with van der Waals surface area (Å²) in [5.74, 6) is -1.03. The lowest BCUT2D eigenvalue weighted by Gasteiger charge is -2.11. The van der Waals surface area contributed by atoms with Crippen LogP contribution in [0.15, 0.2) is 43.7 Å². The van der Waals surface area contributed by atoms with Crippen LogP contribution in [0.2, 0.25) is 0 Å². The summed E-state index contributed by atoms with van der Waals surface area (Å²) in [6, 6.07) is 8.03. The van der Waals surface area contributed by atoms with Crippen LogP contribution in [-0.4, -0.2) is 5.91 Å². The normalized spacial score (nSPS) is 10.4. The van der Waals surface area contributed by atoms with Crippen molar-refractivity contribution in [3.05, 3.63) is 60.7 Å². The molecule has 2 aromatic carbocycles. The Morgan fingerprint density at radius 2 is 1.70 bits per heavy atom. The lowest BCUT2D eigenvalue weighted by Crippen LogP contribution is -2.14. The van der Waals surface area contributed by atoms with E-state index < -0.39 is 11.7 Å². The molecule has 0 aliphatic heterocycles. The van der Waals surface area contributed by atoms with Gasteiger partial charge in [-0.3, -0.25) is 4.79 Å². The second kappa shape index (κ2) is 6.37. The van der Waals surface area contributed by atoms with Crippen molar-refractivity contribution < 1.29 is 9.18 Å². The third-order valence-electron chi connectivity index (χ3n) is 2.61. The summed E-state index contributed by atoms with van der Waals surface area (Å²) < 4.78 is 15.9. The van der Waals surface area contributed by atoms with E-state index in [9.17, 15) is 9.18 Å². The first kappa shape index (κ1) is 15.7. The van der Waals surface area contributed by atoms with Gasteiger partial charge < -0.3 is 5.32 Å². The highest BCUT2D eigenvalue weighted by Crippen LogP contribution is 2.34. The van der Waals surface area contributed by atoms with Crippen LogP contribution >= 0.6 is 47.8 Å². The Bertz CT molecular complexity index is 665. The number of anilines is 1. The number of carbonyl (C=O) groups is 1. The van der Waals surface area contributed by atoms with Gasteiger partial charge in [0.25, 0.3) is 5.91 Å². The van der Waals surface area contributed by atoms with Gasteiger partial charge in [-0.15, -0.1) is 0 Å². The van der Waals surface area contributed by atoms with Gasteiger partial charge in [-0.25, -0.2) is 4.39 Å². The minimum Gasteiger partial charge on any atom is -0.320 e. The molecule has 0 radical (unpaired) electrons. The quantitative estimate of drug-likeness (QED) is 0.608. The van der Waals surface area contributed by atoms with Gasteiger partial charge in [-0.05, 0) is 63.0 Å². The zero-order chi connectivity index (χ0) is 14.9. The molecule has 0 spiro atoms. The van der Waals surface area contributed by atoms with E-state index in [2.05, 4.69) is 53.1 Å². The molecule has 6 heteroatoms. The zero-order valence-corrected chi connectivity index (χ0v) is 15.1. The highest BCUT2D eigenvalue weighted by Gasteiger charge is 2.15. The molecule has 0 heterocycles. The molecule has 0 unspecified atom stereocenters. The van der Waals surface area contributed by atoms with E-state index in [1.807, 2.05) is 6.92 Å². The first-order valence-corrected chi connectivity index (χ1v) is 7.98. The van der Waals surface area contributed by atoms with Crippen molar-refractivity contribution in [1.82, 2.24) is 0 Å². The molecular weight excluding hydrogens is 457 g/mol. The second-order valence-electron chi connectivity index (χ2n) is 4.18. The van der Waals surface area contributed by atoms with Crippen LogP contribution in [-0.2, 0) is 0 Å². The molecule has 1 amide bonds. The molecule has 0 aliphatic carbocycles. The minimum atomic E-state index is -0.544. The summed E-state index contributed by atoms with van der Waals surface area (Å²) in [7, 11) is 0. The van der Waals surface area contributed by atoms with Crippen molar-refractivity contribution in [3.8, 4) is 0 Å². The maximum atomic E-state index is 13.7. The van der Waals surface area contributed by atoms with Crippen LogP contribution in [0.4, 0.5) is 10.1 Å². The lowest BCUT2D eigenvalue weighted by molar-refractivity contribution is 0.102. The Hall–Kier alpha value is -0.720. The van der Waals surface area contributed by atoms with Crippen molar-refractivity contribution >= 4 is 59.4 Å². The molecule has 2 nitrogen and oxygen atoms in total. The summed E-state index contributed by atoms with van der Waals surface area (Å²) >= 11 is 10.1. The minimum absolute atomic E-state index is 0.0201. The first-order valence-electron chi connectivity index (χ1n) is 5.60. The monoisotopic (exact) mass is 463 g/mol. The second-order valence-corrected chi connectivity index (χ2v) is 6.81. The van der Waals surface area contributed by atoms with E-state index in [0.717, 1.165) is 10.0 Å². The Balaban J connectivity index is 2.35. The van der Waals surface area contributed by atoms with E-state index in [1.54, 1.807) is 18.2 Å². The number of amides is 1. The summed E-state index contributed by atoms with van der Waals surface area (Å²) in [6.07, 6.45) is 0. The number of halogens is 4. The number of hydrogen-bond acceptors (Lipinski definition) is 1. The van der Waals surface area contributed by atoms with E-state index in [-0.39, 0.29) is 5.56 Å². The van der Waals surface area contributed by atoms with Crippen molar-refractivity contribution in [2.75, 3.05) is 5.32 Å². The molecular formula is C14H9Br3FNO. The third kappa shape index (κ3) is 3.48. The fraction of sp³-hybridized carbons (Fsp3) is 0.0714. The van der Waals surface area contributed by atoms with Gasteiger partial charge in [0.2, 0.25) is 0 Å². The number of aryl methyl sites for hydroxylation is 1. The smallest absolute Gasteiger partial charge is 0.258 e. The van der Waals surface area contributed by atoms with E-state index in [4.69, 9.17) is 0 Å². The van der Waals surface area contributed by atoms with E-state index >= 15 is 0 Å². The molecule has 0 aliphatic rings. The zero-order valence-electron chi connectivity index (χ0n) is 10.3. The summed E-state index contributed by atoms with van der Waals surface area (Å²) in [4.78, 5) is 12.2. The van der Waals surface area contributed by atoms with Crippen LogP contribution in [0, 0.1) is 12.7 Å². The highest BCUT2D eigenvalue weighted by atomic mass is 79.9. The maximum absolute atomic E-state index is 13.7. The molecule has 0 saturated carbocycles. The Morgan fingerprint density at radius 3 is 2.30 bits per heavy atom. The molecule has 0 saturated heterocycles. The van der Waals surface area contributed by atoms with Crippen molar-refractivity contribution in [2.45, 2.75) is 6.92 Å². The molecule has 0 bridgehead atoms. The number of rotatable bonds is 2. The summed E-state index contributed by atoms with van der Waals surface area (Å²) in [6.45, 7) is 1.81. The topological polar surface area (TPSA) is 29.1 Å². The average molecular weight is 466 g/mol. The number of benzene rings is 2. The summed E-state index contributed by atoms with van der Waals surface area (Å²) in [5, 5.41) is 2.70. The van der Waals surface area contributed by atoms with E-state index in [0.29, 0.717) is 14.6 Å². The molecule has 0 fully saturated rings. The average Bonchev–Trinajstić information content (AvgIpc) is 2.36. The molecule has 104 valence electrons. The largest absolute Gasteiger partial charge is 0.320 e. The number of carbonyl (C=O) groups excluding carboxylic acids is 1. The van der Waals surface area contributed by atoms with Crippen LogP contribution in [0.5, 0.6) is 0 Å². The Morgan fingerprint density at radius 1 is 1.10 bits per heavy atom. The number of hydrogen-bond donors (Lipinski definition) is 1. The predicted octanol–water partition coefficient (Wildman–Crippen LogP) is 5.67. The van der Waals surface area contributed by atoms with Gasteiger partial charge in [0.05, 0.1) is 11.3 Å². The molecule has 20 heavy (non-hydrogen) atoms. The van der Waals surface area contributed by atoms with Crippen LogP contribution in [0.25, 0.3) is 0 Å². The van der Waals surface area contributed by atoms with Gasteiger partial charge in [-0.2, -0.15) is 0 Å². The van der Waals surface area contributed by atoms with Crippen molar-refractivity contribution in [3.63, 3.8) is 0 Å². The molecule has 0 atom stereocenters. The predicted molar refractivity (Wildman–Crippen MR) is 88.6 cm³/mol. The first-order chi connectivity index (χ1) is 9.38. The van der Waals surface area contributed by atoms with Crippen molar-refractivity contribution in [1.29, 1.82) is 0 Å². The van der Waals surface area contributed by atoms with Gasteiger partial charge in [0, 0.05) is 13.4 Å². The van der Waals surface area contributed by atoms with E-state index in [1.165, 1.54) is 12.1 Å². The van der Waals surface area contributed by atoms with Crippen LogP contribution in [0.1, 0.15) is 15.9 Å². The fourth-order valence-corrected chi connectivity index (χ4v) is 4.11. The Kier molecular flexibility index (Phi) is 4.99.